The van der Waals surface area contributed by atoms with Crippen molar-refractivity contribution < 1.29 is 2.69 Å². The molecule has 11 heavy (non-hydrogen) atoms. The molecule has 0 rings (SSSR count). The van der Waals surface area contributed by atoms with Crippen molar-refractivity contribution >= 4 is 26.2 Å². The molecule has 0 aliphatic heterocycles. The number of nitrogens with zero attached hydrogens (tertiary/aromatic N) is 1. The molecule has 0 aliphatic carbocycles. The van der Waals surface area contributed by atoms with Crippen LogP contribution >= 0.6 is 0 Å². The molecule has 0 heterocycles. The van der Waals surface area contributed by atoms with Gasteiger partial charge in [0.2, 0.25) is 0 Å². The first kappa shape index (κ1) is 11.8. The second-order valence-electron chi connectivity index (χ2n) is 3.89. The van der Waals surface area contributed by atoms with Crippen molar-refractivity contribution in [3.05, 3.63) is 0 Å². The Balaban J connectivity index is 3.83. The fraction of sp³-hybridized carbons (Fsp3) is 1.00. The summed E-state index contributed by atoms with van der Waals surface area (Å²) in [7, 11) is 4.21. The van der Waals surface area contributed by atoms with Crippen LogP contribution in [0.2, 0.25) is 0 Å². The van der Waals surface area contributed by atoms with Crippen molar-refractivity contribution in [1.82, 2.24) is 4.90 Å². The monoisotopic (exact) mass is 353 g/mol. The summed E-state index contributed by atoms with van der Waals surface area (Å²) in [4.78, 5) is 2.23. The van der Waals surface area contributed by atoms with Crippen LogP contribution in [0.1, 0.15) is 27.2 Å². The van der Waals surface area contributed by atoms with Gasteiger partial charge in [0, 0.05) is 0 Å². The van der Waals surface area contributed by atoms with Crippen molar-refractivity contribution in [3.8, 4) is 0 Å². The van der Waals surface area contributed by atoms with E-state index in [4.69, 9.17) is 2.69 Å². The minimum atomic E-state index is 0.0777. The quantitative estimate of drug-likeness (QED) is 0.699. The third-order valence-electron chi connectivity index (χ3n) is 1.99. The van der Waals surface area contributed by atoms with Crippen LogP contribution in [0.3, 0.4) is 0 Å². The topological polar surface area (TPSA) is 12.5 Å². The molecular formula is C8H19NOPb. The zero-order valence-corrected chi connectivity index (χ0v) is 12.7. The first-order chi connectivity index (χ1) is 4.89. The van der Waals surface area contributed by atoms with E-state index in [0.717, 1.165) is 6.42 Å². The van der Waals surface area contributed by atoms with Crippen LogP contribution in [0, 0.1) is 0 Å². The Morgan fingerprint density at radius 2 is 1.91 bits per heavy atom. The Bertz CT molecular complexity index is 115. The Morgan fingerprint density at radius 1 is 1.45 bits per heavy atom. The average Bonchev–Trinajstić information content (AvgIpc) is 1.87. The summed E-state index contributed by atoms with van der Waals surface area (Å²) in [6.45, 7) is 6.55. The van der Waals surface area contributed by atoms with Gasteiger partial charge in [0.05, 0.1) is 0 Å². The molecule has 0 aromatic heterocycles. The van der Waals surface area contributed by atoms with E-state index in [9.17, 15) is 0 Å². The van der Waals surface area contributed by atoms with Crippen LogP contribution in [0.25, 0.3) is 0 Å². The molecule has 0 amide bonds. The average molecular weight is 352 g/mol. The van der Waals surface area contributed by atoms with Crippen LogP contribution in [0.4, 0.5) is 0 Å². The number of hydrogen-bond acceptors (Lipinski definition) is 2. The Kier molecular flexibility index (Phi) is 5.13. The van der Waals surface area contributed by atoms with Crippen LogP contribution in [-0.2, 0) is 2.69 Å². The van der Waals surface area contributed by atoms with Crippen molar-refractivity contribution in [2.75, 3.05) is 14.1 Å². The van der Waals surface area contributed by atoms with E-state index >= 15 is 0 Å². The third-order valence-corrected chi connectivity index (χ3v) is 4.47. The van der Waals surface area contributed by atoms with Crippen molar-refractivity contribution in [3.63, 3.8) is 0 Å². The molecule has 0 spiro atoms. The molecule has 0 N–H and O–H groups in total. The molecule has 0 fully saturated rings. The van der Waals surface area contributed by atoms with Crippen molar-refractivity contribution in [2.24, 2.45) is 0 Å². The van der Waals surface area contributed by atoms with Gasteiger partial charge in [-0.1, -0.05) is 0 Å². The number of hydrogen-bond donors (Lipinski definition) is 0. The maximum absolute atomic E-state index is 5.50. The molecule has 1 unspecified atom stereocenters. The van der Waals surface area contributed by atoms with Gasteiger partial charge in [-0.3, -0.25) is 0 Å². The Labute approximate surface area is 86.6 Å². The van der Waals surface area contributed by atoms with Crippen LogP contribution in [0.5, 0.6) is 0 Å². The van der Waals surface area contributed by atoms with Crippen molar-refractivity contribution in [2.45, 2.75) is 38.8 Å². The first-order valence-corrected chi connectivity index (χ1v) is 5.76. The second-order valence-corrected chi connectivity index (χ2v) is 4.81. The van der Waals surface area contributed by atoms with Gasteiger partial charge in [0.25, 0.3) is 0 Å². The summed E-state index contributed by atoms with van der Waals surface area (Å²) in [6.07, 6.45) is 1.11. The fourth-order valence-corrected chi connectivity index (χ4v) is 1.32. The van der Waals surface area contributed by atoms with Gasteiger partial charge < -0.3 is 0 Å². The molecule has 0 saturated carbocycles. The molecular weight excluding hydrogens is 333 g/mol. The normalized spacial score (nSPS) is 15.5. The molecule has 0 saturated heterocycles. The molecule has 2 nitrogen and oxygen atoms in total. The first-order valence-electron chi connectivity index (χ1n) is 3.93. The molecule has 0 aromatic carbocycles. The molecule has 2 radical (unpaired) electrons. The Hall–Kier alpha value is 0.842. The number of rotatable bonds is 4. The van der Waals surface area contributed by atoms with Gasteiger partial charge >= 0.3 is 86.7 Å². The van der Waals surface area contributed by atoms with Crippen molar-refractivity contribution in [1.29, 1.82) is 0 Å². The SMILES string of the molecule is CC(CC(C)(C)[O][PbH])N(C)C. The molecule has 3 heteroatoms. The van der Waals surface area contributed by atoms with E-state index in [2.05, 4.69) is 39.8 Å². The second kappa shape index (κ2) is 4.77. The van der Waals surface area contributed by atoms with Crippen LogP contribution < -0.4 is 0 Å². The van der Waals surface area contributed by atoms with Gasteiger partial charge in [0.1, 0.15) is 0 Å². The van der Waals surface area contributed by atoms with Gasteiger partial charge in [-0.05, 0) is 0 Å². The van der Waals surface area contributed by atoms with Gasteiger partial charge in [-0.2, -0.15) is 0 Å². The maximum atomic E-state index is 5.50. The van der Waals surface area contributed by atoms with E-state index in [0.29, 0.717) is 32.3 Å². The van der Waals surface area contributed by atoms with Crippen LogP contribution in [0.15, 0.2) is 0 Å². The molecule has 0 aromatic rings. The predicted octanol–water partition coefficient (Wildman–Crippen LogP) is 0.938. The van der Waals surface area contributed by atoms with Gasteiger partial charge in [-0.15, -0.1) is 0 Å². The molecule has 1 atom stereocenters. The van der Waals surface area contributed by atoms with E-state index in [-0.39, 0.29) is 5.60 Å². The third kappa shape index (κ3) is 5.14. The molecule has 0 bridgehead atoms. The van der Waals surface area contributed by atoms with Crippen LogP contribution in [-0.4, -0.2) is 56.9 Å². The predicted molar refractivity (Wildman–Crippen MR) is 50.1 cm³/mol. The van der Waals surface area contributed by atoms with E-state index in [1.54, 1.807) is 0 Å². The fourth-order valence-electron chi connectivity index (χ4n) is 0.942. The molecule has 66 valence electrons. The minimum absolute atomic E-state index is 0.0777. The summed E-state index contributed by atoms with van der Waals surface area (Å²) in [5, 5.41) is 0. The zero-order chi connectivity index (χ0) is 9.07. The summed E-state index contributed by atoms with van der Waals surface area (Å²) in [6, 6.07) is 0.601. The van der Waals surface area contributed by atoms with Gasteiger partial charge in [0.15, 0.2) is 0 Å². The van der Waals surface area contributed by atoms with E-state index in [1.165, 1.54) is 0 Å². The zero-order valence-electron chi connectivity index (χ0n) is 8.22. The van der Waals surface area contributed by atoms with E-state index in [1.807, 2.05) is 0 Å². The Morgan fingerprint density at radius 3 is 2.18 bits per heavy atom. The summed E-state index contributed by atoms with van der Waals surface area (Å²) >= 11 is 0.643. The summed E-state index contributed by atoms with van der Waals surface area (Å²) in [5.41, 5.74) is 0.0777. The van der Waals surface area contributed by atoms with Gasteiger partial charge in [-0.25, -0.2) is 0 Å². The van der Waals surface area contributed by atoms with E-state index < -0.39 is 0 Å². The standard InChI is InChI=1S/C8H18NO.Pb.H/c1-7(9(4)5)6-8(2,3)10;;/h7H,6H2,1-5H3;;/q-1;+1;. The summed E-state index contributed by atoms with van der Waals surface area (Å²) in [5.74, 6) is 0. The molecule has 0 aliphatic rings. The summed E-state index contributed by atoms with van der Waals surface area (Å²) < 4.78 is 5.50.